The van der Waals surface area contributed by atoms with Crippen molar-refractivity contribution in [1.82, 2.24) is 0 Å². The summed E-state index contributed by atoms with van der Waals surface area (Å²) in [5.41, 5.74) is 1.25. The van der Waals surface area contributed by atoms with Crippen molar-refractivity contribution in [3.05, 3.63) is 29.3 Å². The van der Waals surface area contributed by atoms with Crippen LogP contribution in [0.15, 0.2) is 18.2 Å². The number of aliphatic carboxylic acids is 1. The summed E-state index contributed by atoms with van der Waals surface area (Å²) in [4.78, 5) is 10.8. The van der Waals surface area contributed by atoms with E-state index in [1.54, 1.807) is 18.2 Å². The number of fused-ring (bicyclic) bond motifs is 1. The van der Waals surface area contributed by atoms with Crippen LogP contribution in [0.4, 0.5) is 0 Å². The van der Waals surface area contributed by atoms with Gasteiger partial charge in [0.15, 0.2) is 6.10 Å². The van der Waals surface area contributed by atoms with Gasteiger partial charge >= 0.3 is 5.97 Å². The summed E-state index contributed by atoms with van der Waals surface area (Å²) < 4.78 is 5.11. The molecule has 4 heteroatoms. The van der Waals surface area contributed by atoms with E-state index in [2.05, 4.69) is 0 Å². The maximum absolute atomic E-state index is 10.8. The lowest BCUT2D eigenvalue weighted by Crippen LogP contribution is -2.22. The third-order valence-electron chi connectivity index (χ3n) is 2.33. The van der Waals surface area contributed by atoms with Crippen molar-refractivity contribution < 1.29 is 19.7 Å². The van der Waals surface area contributed by atoms with E-state index >= 15 is 0 Å². The fraction of sp³-hybridized carbons (Fsp3) is 0.300. The Morgan fingerprint density at radius 1 is 1.50 bits per heavy atom. The van der Waals surface area contributed by atoms with E-state index < -0.39 is 12.1 Å². The number of carbonyl (C=O) groups is 1. The smallest absolute Gasteiger partial charge is 0.337 e. The predicted molar refractivity (Wildman–Crippen MR) is 48.1 cm³/mol. The molecule has 0 spiro atoms. The molecule has 1 aliphatic heterocycles. The zero-order valence-electron chi connectivity index (χ0n) is 7.43. The Morgan fingerprint density at radius 3 is 3.00 bits per heavy atom. The molecule has 0 radical (unpaired) electrons. The van der Waals surface area contributed by atoms with Crippen LogP contribution in [0.5, 0.6) is 5.75 Å². The Morgan fingerprint density at radius 2 is 2.29 bits per heavy atom. The third kappa shape index (κ3) is 1.33. The first-order valence-electron chi connectivity index (χ1n) is 4.35. The fourth-order valence-corrected chi connectivity index (χ4v) is 1.68. The lowest BCUT2D eigenvalue weighted by Gasteiger charge is -2.23. The fourth-order valence-electron chi connectivity index (χ4n) is 1.68. The van der Waals surface area contributed by atoms with Crippen LogP contribution in [-0.4, -0.2) is 22.8 Å². The van der Waals surface area contributed by atoms with Crippen molar-refractivity contribution in [2.75, 3.05) is 6.61 Å². The van der Waals surface area contributed by atoms with Crippen LogP contribution in [0.1, 0.15) is 17.2 Å². The van der Waals surface area contributed by atoms with Crippen LogP contribution >= 0.6 is 0 Å². The monoisotopic (exact) mass is 194 g/mol. The van der Waals surface area contributed by atoms with Crippen molar-refractivity contribution in [3.8, 4) is 5.75 Å². The standard InChI is InChI=1S/C10H10O4/c11-8-3-1-2-7-6(8)4-5-14-9(7)10(12)13/h1-3,9,11H,4-5H2,(H,12,13). The van der Waals surface area contributed by atoms with Gasteiger partial charge in [-0.1, -0.05) is 12.1 Å². The number of phenols is 1. The van der Waals surface area contributed by atoms with E-state index in [4.69, 9.17) is 9.84 Å². The average Bonchev–Trinajstić information content (AvgIpc) is 2.17. The number of ether oxygens (including phenoxy) is 1. The number of hydrogen-bond donors (Lipinski definition) is 2. The summed E-state index contributed by atoms with van der Waals surface area (Å²) >= 11 is 0. The largest absolute Gasteiger partial charge is 0.508 e. The molecule has 1 aliphatic rings. The van der Waals surface area contributed by atoms with Gasteiger partial charge < -0.3 is 14.9 Å². The van der Waals surface area contributed by atoms with Crippen molar-refractivity contribution in [2.45, 2.75) is 12.5 Å². The Labute approximate surface area is 80.7 Å². The summed E-state index contributed by atoms with van der Waals surface area (Å²) in [6.45, 7) is 0.335. The zero-order chi connectivity index (χ0) is 10.1. The summed E-state index contributed by atoms with van der Waals surface area (Å²) in [6.07, 6.45) is -0.378. The van der Waals surface area contributed by atoms with Crippen molar-refractivity contribution in [3.63, 3.8) is 0 Å². The first-order chi connectivity index (χ1) is 6.70. The Hall–Kier alpha value is -1.55. The van der Waals surface area contributed by atoms with Gasteiger partial charge in [-0.05, 0) is 18.1 Å². The second-order valence-corrected chi connectivity index (χ2v) is 3.18. The van der Waals surface area contributed by atoms with Crippen LogP contribution in [0.2, 0.25) is 0 Å². The van der Waals surface area contributed by atoms with E-state index in [-0.39, 0.29) is 5.75 Å². The summed E-state index contributed by atoms with van der Waals surface area (Å²) in [6, 6.07) is 4.86. The van der Waals surface area contributed by atoms with E-state index in [0.29, 0.717) is 24.2 Å². The van der Waals surface area contributed by atoms with Gasteiger partial charge in [0.1, 0.15) is 5.75 Å². The topological polar surface area (TPSA) is 66.8 Å². The Balaban J connectivity index is 2.49. The molecule has 0 fully saturated rings. The summed E-state index contributed by atoms with van der Waals surface area (Å²) in [7, 11) is 0. The molecular weight excluding hydrogens is 184 g/mol. The van der Waals surface area contributed by atoms with Crippen molar-refractivity contribution in [2.24, 2.45) is 0 Å². The van der Waals surface area contributed by atoms with Crippen molar-refractivity contribution in [1.29, 1.82) is 0 Å². The minimum Gasteiger partial charge on any atom is -0.508 e. The highest BCUT2D eigenvalue weighted by Crippen LogP contribution is 2.32. The SMILES string of the molecule is O=C(O)C1OCCc2c(O)cccc21. The number of carboxylic acid groups (broad SMARTS) is 1. The molecule has 14 heavy (non-hydrogen) atoms. The van der Waals surface area contributed by atoms with E-state index in [0.717, 1.165) is 0 Å². The molecule has 0 saturated heterocycles. The zero-order valence-corrected chi connectivity index (χ0v) is 7.43. The average molecular weight is 194 g/mol. The highest BCUT2D eigenvalue weighted by atomic mass is 16.5. The van der Waals surface area contributed by atoms with Gasteiger partial charge in [0.2, 0.25) is 0 Å². The number of phenolic OH excluding ortho intramolecular Hbond substituents is 1. The lowest BCUT2D eigenvalue weighted by molar-refractivity contribution is -0.151. The van der Waals surface area contributed by atoms with Gasteiger partial charge in [0.05, 0.1) is 6.61 Å². The van der Waals surface area contributed by atoms with Crippen LogP contribution in [-0.2, 0) is 16.0 Å². The minimum absolute atomic E-state index is 0.150. The molecule has 1 aromatic carbocycles. The van der Waals surface area contributed by atoms with Gasteiger partial charge in [0.25, 0.3) is 0 Å². The second-order valence-electron chi connectivity index (χ2n) is 3.18. The van der Waals surface area contributed by atoms with Crippen molar-refractivity contribution >= 4 is 5.97 Å². The Bertz CT molecular complexity index is 372. The normalized spacial score (nSPS) is 20.1. The second kappa shape index (κ2) is 3.31. The molecule has 0 aromatic heterocycles. The first kappa shape index (κ1) is 9.02. The molecule has 0 bridgehead atoms. The summed E-state index contributed by atoms with van der Waals surface area (Å²) in [5, 5.41) is 18.4. The molecular formula is C10H10O4. The van der Waals surface area contributed by atoms with Crippen LogP contribution in [0.25, 0.3) is 0 Å². The highest BCUT2D eigenvalue weighted by molar-refractivity contribution is 5.75. The maximum Gasteiger partial charge on any atom is 0.337 e. The van der Waals surface area contributed by atoms with Gasteiger partial charge in [-0.3, -0.25) is 0 Å². The summed E-state index contributed by atoms with van der Waals surface area (Å²) in [5.74, 6) is -0.867. The molecule has 0 aliphatic carbocycles. The molecule has 1 aromatic rings. The quantitative estimate of drug-likeness (QED) is 0.702. The number of aromatic hydroxyl groups is 1. The molecule has 2 rings (SSSR count). The number of benzene rings is 1. The van der Waals surface area contributed by atoms with Gasteiger partial charge in [-0.25, -0.2) is 4.79 Å². The maximum atomic E-state index is 10.8. The highest BCUT2D eigenvalue weighted by Gasteiger charge is 2.28. The molecule has 1 heterocycles. The molecule has 1 atom stereocenters. The minimum atomic E-state index is -1.02. The predicted octanol–water partition coefficient (Wildman–Crippen LogP) is 1.09. The van der Waals surface area contributed by atoms with Gasteiger partial charge in [-0.2, -0.15) is 0 Å². The van der Waals surface area contributed by atoms with Gasteiger partial charge in [-0.15, -0.1) is 0 Å². The first-order valence-corrected chi connectivity index (χ1v) is 4.35. The Kier molecular flexibility index (Phi) is 2.13. The molecule has 1 unspecified atom stereocenters. The number of hydrogen-bond acceptors (Lipinski definition) is 3. The van der Waals surface area contributed by atoms with E-state index in [9.17, 15) is 9.90 Å². The van der Waals surface area contributed by atoms with E-state index in [1.165, 1.54) is 0 Å². The van der Waals surface area contributed by atoms with Gasteiger partial charge in [0, 0.05) is 5.56 Å². The van der Waals surface area contributed by atoms with Crippen LogP contribution in [0.3, 0.4) is 0 Å². The molecule has 0 amide bonds. The molecule has 2 N–H and O–H groups in total. The molecule has 0 saturated carbocycles. The lowest BCUT2D eigenvalue weighted by atomic mass is 9.97. The third-order valence-corrected chi connectivity index (χ3v) is 2.33. The van der Waals surface area contributed by atoms with E-state index in [1.807, 2.05) is 0 Å². The molecule has 4 nitrogen and oxygen atoms in total. The van der Waals surface area contributed by atoms with Crippen LogP contribution in [0, 0.1) is 0 Å². The van der Waals surface area contributed by atoms with Crippen LogP contribution < -0.4 is 0 Å². The number of rotatable bonds is 1. The number of carboxylic acids is 1. The molecule has 74 valence electrons.